The molecule has 0 bridgehead atoms. The largest absolute Gasteiger partial charge is 1.00 e. The second-order valence-electron chi connectivity index (χ2n) is 23.6. The van der Waals surface area contributed by atoms with Gasteiger partial charge in [-0.15, -0.1) is 0 Å². The van der Waals surface area contributed by atoms with Gasteiger partial charge in [-0.1, -0.05) is 227 Å². The summed E-state index contributed by atoms with van der Waals surface area (Å²) in [5.74, 6) is -3.21. The van der Waals surface area contributed by atoms with Crippen molar-refractivity contribution in [3.63, 3.8) is 0 Å². The Morgan fingerprint density at radius 3 is 0.293 bits per heavy atom. The molecule has 0 aliphatic carbocycles. The molecule has 0 fully saturated rings. The average Bonchev–Trinajstić information content (AvgIpc) is 3.41. The van der Waals surface area contributed by atoms with E-state index in [9.17, 15) is 15.3 Å². The molecule has 0 N–H and O–H groups in total. The van der Waals surface area contributed by atoms with Crippen LogP contribution in [-0.2, 0) is 0 Å². The van der Waals surface area contributed by atoms with Crippen LogP contribution in [0.15, 0.2) is 0 Å². The highest BCUT2D eigenvalue weighted by Gasteiger charge is 2.28. The molecule has 8 heteroatoms. The topological polar surface area (TPSA) is 69.2 Å². The highest BCUT2D eigenvalue weighted by atomic mass is 35.5. The Labute approximate surface area is 483 Å². The maximum absolute atomic E-state index is 9.36. The molecular formula is C67H149ClN4O3. The van der Waals surface area contributed by atoms with Crippen LogP contribution in [0.1, 0.15) is 330 Å². The van der Waals surface area contributed by atoms with Crippen LogP contribution in [0.5, 0.6) is 0 Å². The number of halogens is 1. The lowest BCUT2D eigenvalue weighted by molar-refractivity contribution is -0.929. The molecule has 0 rings (SSSR count). The minimum atomic E-state index is -3.21. The molecule has 0 aliphatic rings. The lowest BCUT2D eigenvalue weighted by Crippen LogP contribution is -3.00. The van der Waals surface area contributed by atoms with Crippen LogP contribution in [0.3, 0.4) is 0 Å². The lowest BCUT2D eigenvalue weighted by atomic mass is 10.1. The molecule has 0 aromatic heterocycles. The van der Waals surface area contributed by atoms with Crippen LogP contribution in [-0.4, -0.2) is 129 Å². The highest BCUT2D eigenvalue weighted by Crippen LogP contribution is 2.20. The molecule has 462 valence electrons. The Balaban J connectivity index is -0.000000203. The van der Waals surface area contributed by atoms with Gasteiger partial charge >= 0.3 is 0 Å². The van der Waals surface area contributed by atoms with Crippen LogP contribution in [0, 0.1) is 0 Å². The van der Waals surface area contributed by atoms with E-state index in [1.807, 2.05) is 0 Å². The fraction of sp³-hybridized carbons (Fsp3) is 1.00. The van der Waals surface area contributed by atoms with Crippen LogP contribution in [0.4, 0.5) is 0 Å². The van der Waals surface area contributed by atoms with E-state index in [4.69, 9.17) is 0 Å². The molecule has 0 unspecified atom stereocenters. The summed E-state index contributed by atoms with van der Waals surface area (Å²) < 4.78 is 5.68. The summed E-state index contributed by atoms with van der Waals surface area (Å²) in [6, 6.07) is 0. The van der Waals surface area contributed by atoms with E-state index in [0.29, 0.717) is 0 Å². The summed E-state index contributed by atoms with van der Waals surface area (Å²) in [4.78, 5) is 0. The zero-order valence-electron chi connectivity index (χ0n) is 55.5. The van der Waals surface area contributed by atoms with Crippen molar-refractivity contribution in [3.8, 4) is 0 Å². The minimum absolute atomic E-state index is 0. The predicted octanol–water partition coefficient (Wildman–Crippen LogP) is 14.1. The monoisotopic (exact) mass is 1090 g/mol. The zero-order valence-corrected chi connectivity index (χ0v) is 56.3. The number of unbranched alkanes of at least 4 members (excludes halogenated alkanes) is 16. The summed E-state index contributed by atoms with van der Waals surface area (Å²) in [6.45, 7) is 61.3. The first kappa shape index (κ1) is 86.3. The van der Waals surface area contributed by atoms with Crippen LogP contribution < -0.4 is 27.7 Å². The second-order valence-corrected chi connectivity index (χ2v) is 23.6. The lowest BCUT2D eigenvalue weighted by Gasteiger charge is -2.57. The Morgan fingerprint density at radius 2 is 0.253 bits per heavy atom. The van der Waals surface area contributed by atoms with Gasteiger partial charge in [0.05, 0.1) is 105 Å². The standard InChI is InChI=1S/4C16H36N.C3H5O3.ClH/c4*1-5-9-13-17(14-10-6-2,15-11-7-3)16-12-8-4;1-2-3(4,5)6;/h4*5-16H2,1-4H3;2H2,1H3;1H/q4*+1;-3;/p-1. The molecule has 0 spiro atoms. The number of quaternary nitrogens is 4. The quantitative estimate of drug-likeness (QED) is 0.0450. The van der Waals surface area contributed by atoms with Gasteiger partial charge in [-0.2, -0.15) is 0 Å². The fourth-order valence-electron chi connectivity index (χ4n) is 10.6. The molecule has 0 saturated heterocycles. The van der Waals surface area contributed by atoms with Crippen LogP contribution in [0.2, 0.25) is 0 Å². The number of hydrogen-bond acceptors (Lipinski definition) is 3. The molecule has 0 radical (unpaired) electrons. The Morgan fingerprint density at radius 1 is 0.187 bits per heavy atom. The first-order valence-electron chi connectivity index (χ1n) is 34.0. The second kappa shape index (κ2) is 63.2. The van der Waals surface area contributed by atoms with Gasteiger partial charge in [-0.25, -0.2) is 0 Å². The molecule has 0 aromatic rings. The fourth-order valence-corrected chi connectivity index (χ4v) is 10.6. The van der Waals surface area contributed by atoms with Crippen molar-refractivity contribution in [3.05, 3.63) is 0 Å². The molecule has 0 saturated carbocycles. The summed E-state index contributed by atoms with van der Waals surface area (Å²) in [5.41, 5.74) is 0. The van der Waals surface area contributed by atoms with Crippen LogP contribution in [0.25, 0.3) is 0 Å². The first-order chi connectivity index (χ1) is 35.5. The van der Waals surface area contributed by atoms with Crippen molar-refractivity contribution >= 4 is 0 Å². The summed E-state index contributed by atoms with van der Waals surface area (Å²) in [6.07, 6.45) is 43.9. The third kappa shape index (κ3) is 55.7. The number of hydrogen-bond donors (Lipinski definition) is 0. The third-order valence-electron chi connectivity index (χ3n) is 16.2. The third-order valence-corrected chi connectivity index (χ3v) is 16.2. The molecule has 7 nitrogen and oxygen atoms in total. The van der Waals surface area contributed by atoms with Gasteiger partial charge in [0.2, 0.25) is 0 Å². The van der Waals surface area contributed by atoms with Gasteiger partial charge in [-0.3, -0.25) is 0 Å². The molecule has 75 heavy (non-hydrogen) atoms. The van der Waals surface area contributed by atoms with E-state index in [0.717, 1.165) is 0 Å². The number of rotatable bonds is 49. The van der Waals surface area contributed by atoms with Gasteiger partial charge < -0.3 is 51.6 Å². The zero-order chi connectivity index (χ0) is 57.1. The van der Waals surface area contributed by atoms with Crippen molar-refractivity contribution in [1.29, 1.82) is 0 Å². The van der Waals surface area contributed by atoms with E-state index < -0.39 is 12.4 Å². The molecule has 0 aliphatic heterocycles. The normalized spacial score (nSPS) is 11.8. The predicted molar refractivity (Wildman–Crippen MR) is 330 cm³/mol. The van der Waals surface area contributed by atoms with E-state index in [1.165, 1.54) is 335 Å². The minimum Gasteiger partial charge on any atom is -1.00 e. The van der Waals surface area contributed by atoms with Crippen LogP contribution >= 0.6 is 0 Å². The molecule has 0 aromatic carbocycles. The SMILES string of the molecule is CCC([O-])([O-])[O-].CCCC[N+](CCCC)(CCCC)CCCC.CCCC[N+](CCCC)(CCCC)CCCC.CCCC[N+](CCCC)(CCCC)CCCC.CCCC[N+](CCCC)(CCCC)CCCC.[Cl-]. The Bertz CT molecular complexity index is 732. The van der Waals surface area contributed by atoms with E-state index >= 15 is 0 Å². The maximum Gasteiger partial charge on any atom is 0.0786 e. The van der Waals surface area contributed by atoms with E-state index in [2.05, 4.69) is 111 Å². The van der Waals surface area contributed by atoms with E-state index in [1.54, 1.807) is 0 Å². The smallest absolute Gasteiger partial charge is 0.0786 e. The molecular weight excluding hydrogens is 944 g/mol. The summed E-state index contributed by atoms with van der Waals surface area (Å²) >= 11 is 0. The summed E-state index contributed by atoms with van der Waals surface area (Å²) in [5, 5.41) is 28.1. The average molecular weight is 1090 g/mol. The first-order valence-corrected chi connectivity index (χ1v) is 34.0. The van der Waals surface area contributed by atoms with E-state index in [-0.39, 0.29) is 12.4 Å². The highest BCUT2D eigenvalue weighted by molar-refractivity contribution is 4.53. The van der Waals surface area contributed by atoms with Gasteiger partial charge in [-0.05, 0) is 103 Å². The van der Waals surface area contributed by atoms with Crippen molar-refractivity contribution in [2.24, 2.45) is 0 Å². The Kier molecular flexibility index (Phi) is 72.7. The van der Waals surface area contributed by atoms with Gasteiger partial charge in [0.15, 0.2) is 0 Å². The van der Waals surface area contributed by atoms with Crippen molar-refractivity contribution in [2.45, 2.75) is 336 Å². The van der Waals surface area contributed by atoms with Gasteiger partial charge in [0, 0.05) is 0 Å². The maximum atomic E-state index is 9.36. The van der Waals surface area contributed by atoms with Gasteiger partial charge in [0.25, 0.3) is 0 Å². The summed E-state index contributed by atoms with van der Waals surface area (Å²) in [7, 11) is 0. The van der Waals surface area contributed by atoms with Crippen molar-refractivity contribution in [2.75, 3.05) is 105 Å². The van der Waals surface area contributed by atoms with Gasteiger partial charge in [0.1, 0.15) is 0 Å². The van der Waals surface area contributed by atoms with Crippen molar-refractivity contribution in [1.82, 2.24) is 0 Å². The molecule has 0 atom stereocenters. The van der Waals surface area contributed by atoms with Crippen molar-refractivity contribution < 1.29 is 45.7 Å². The number of nitrogens with zero attached hydrogens (tertiary/aromatic N) is 4. The molecule has 0 heterocycles. The Hall–Kier alpha value is 0.01000. The molecule has 0 amide bonds.